The Balaban J connectivity index is 1.53. The Morgan fingerprint density at radius 2 is 1.96 bits per heavy atom. The molecule has 2 aliphatic rings. The minimum atomic E-state index is 0.0354. The summed E-state index contributed by atoms with van der Waals surface area (Å²) in [5.74, 6) is 1.88. The zero-order valence-corrected chi connectivity index (χ0v) is 18.0. The Kier molecular flexibility index (Phi) is 8.03. The van der Waals surface area contributed by atoms with Crippen LogP contribution in [0.3, 0.4) is 0 Å². The second-order valence-corrected chi connectivity index (χ2v) is 8.82. The van der Waals surface area contributed by atoms with Crippen LogP contribution in [-0.4, -0.2) is 91.7 Å². The Labute approximate surface area is 173 Å². The molecule has 2 saturated heterocycles. The number of nitrogens with zero attached hydrogens (tertiary/aromatic N) is 4. The van der Waals surface area contributed by atoms with Crippen LogP contribution in [0.2, 0.25) is 0 Å². The molecule has 7 heteroatoms. The standard InChI is InChI=1S/C21H33N5OS/c1-24(2)20(27)16-23-21(22-11-15-28-19-8-4-3-5-9-19)26-14-10-18(17-26)25-12-6-7-13-25/h3-5,8-9,18H,6-7,10-17H2,1-2H3,(H,22,23). The van der Waals surface area contributed by atoms with E-state index in [-0.39, 0.29) is 12.5 Å². The van der Waals surface area contributed by atoms with E-state index in [1.165, 1.54) is 37.2 Å². The van der Waals surface area contributed by atoms with Gasteiger partial charge in [0, 0.05) is 50.4 Å². The third kappa shape index (κ3) is 6.14. The fourth-order valence-corrected chi connectivity index (χ4v) is 4.53. The number of aliphatic imine (C=N–C) groups is 1. The van der Waals surface area contributed by atoms with Crippen LogP contribution >= 0.6 is 11.8 Å². The molecule has 1 aromatic carbocycles. The van der Waals surface area contributed by atoms with Gasteiger partial charge in [0.2, 0.25) is 5.91 Å². The number of hydrogen-bond donors (Lipinski definition) is 1. The fourth-order valence-electron chi connectivity index (χ4n) is 3.74. The average molecular weight is 404 g/mol. The van der Waals surface area contributed by atoms with Crippen molar-refractivity contribution in [3.63, 3.8) is 0 Å². The molecule has 2 fully saturated rings. The fraction of sp³-hybridized carbons (Fsp3) is 0.619. The monoisotopic (exact) mass is 403 g/mol. The van der Waals surface area contributed by atoms with E-state index >= 15 is 0 Å². The molecular formula is C21H33N5OS. The van der Waals surface area contributed by atoms with Gasteiger partial charge in [0.1, 0.15) is 6.54 Å². The maximum atomic E-state index is 12.0. The van der Waals surface area contributed by atoms with Crippen molar-refractivity contribution >= 4 is 23.6 Å². The van der Waals surface area contributed by atoms with Crippen molar-refractivity contribution in [2.75, 3.05) is 59.1 Å². The van der Waals surface area contributed by atoms with E-state index in [4.69, 9.17) is 0 Å². The summed E-state index contributed by atoms with van der Waals surface area (Å²) < 4.78 is 0. The van der Waals surface area contributed by atoms with Gasteiger partial charge in [-0.1, -0.05) is 18.2 Å². The lowest BCUT2D eigenvalue weighted by Crippen LogP contribution is -2.44. The molecule has 1 amide bonds. The molecule has 6 nitrogen and oxygen atoms in total. The molecule has 0 saturated carbocycles. The van der Waals surface area contributed by atoms with Crippen LogP contribution in [-0.2, 0) is 4.79 Å². The topological polar surface area (TPSA) is 51.2 Å². The van der Waals surface area contributed by atoms with Crippen LogP contribution < -0.4 is 5.32 Å². The summed E-state index contributed by atoms with van der Waals surface area (Å²) in [7, 11) is 3.56. The number of likely N-dealkylation sites (tertiary alicyclic amines) is 2. The zero-order chi connectivity index (χ0) is 19.8. The van der Waals surface area contributed by atoms with Crippen LogP contribution in [0.15, 0.2) is 40.2 Å². The number of benzene rings is 1. The molecule has 1 atom stereocenters. The molecule has 0 bridgehead atoms. The van der Waals surface area contributed by atoms with Crippen LogP contribution in [0, 0.1) is 0 Å². The molecule has 0 aromatic heterocycles. The second kappa shape index (κ2) is 10.7. The number of thioether (sulfide) groups is 1. The summed E-state index contributed by atoms with van der Waals surface area (Å²) in [6.45, 7) is 5.50. The van der Waals surface area contributed by atoms with Crippen molar-refractivity contribution in [2.24, 2.45) is 4.99 Å². The lowest BCUT2D eigenvalue weighted by Gasteiger charge is -2.25. The van der Waals surface area contributed by atoms with E-state index in [9.17, 15) is 4.79 Å². The number of carbonyl (C=O) groups excluding carboxylic acids is 1. The summed E-state index contributed by atoms with van der Waals surface area (Å²) in [5, 5.41) is 3.50. The quantitative estimate of drug-likeness (QED) is 0.327. The van der Waals surface area contributed by atoms with E-state index in [0.29, 0.717) is 6.04 Å². The second-order valence-electron chi connectivity index (χ2n) is 7.65. The first-order chi connectivity index (χ1) is 13.6. The molecule has 0 radical (unpaired) electrons. The number of guanidine groups is 1. The molecule has 28 heavy (non-hydrogen) atoms. The Hall–Kier alpha value is -1.73. The minimum absolute atomic E-state index is 0.0354. The van der Waals surface area contributed by atoms with Crippen LogP contribution in [0.4, 0.5) is 0 Å². The summed E-state index contributed by atoms with van der Waals surface area (Å²) in [4.78, 5) is 24.5. The van der Waals surface area contributed by atoms with E-state index < -0.39 is 0 Å². The van der Waals surface area contributed by atoms with Crippen molar-refractivity contribution in [3.05, 3.63) is 30.3 Å². The molecule has 3 rings (SSSR count). The van der Waals surface area contributed by atoms with Gasteiger partial charge in [0.15, 0.2) is 5.96 Å². The molecule has 0 spiro atoms. The number of likely N-dealkylation sites (N-methyl/N-ethyl adjacent to an activating group) is 1. The summed E-state index contributed by atoms with van der Waals surface area (Å²) in [6.07, 6.45) is 3.83. The number of carbonyl (C=O) groups is 1. The van der Waals surface area contributed by atoms with E-state index in [1.54, 1.807) is 19.0 Å². The van der Waals surface area contributed by atoms with E-state index in [1.807, 2.05) is 17.8 Å². The lowest BCUT2D eigenvalue weighted by molar-refractivity contribution is -0.127. The number of rotatable bonds is 7. The highest BCUT2D eigenvalue weighted by Crippen LogP contribution is 2.20. The maximum absolute atomic E-state index is 12.0. The van der Waals surface area contributed by atoms with Gasteiger partial charge in [-0.2, -0.15) is 0 Å². The van der Waals surface area contributed by atoms with Crippen molar-refractivity contribution in [1.29, 1.82) is 0 Å². The molecule has 1 unspecified atom stereocenters. The maximum Gasteiger partial charge on any atom is 0.243 e. The molecular weight excluding hydrogens is 370 g/mol. The number of amides is 1. The minimum Gasteiger partial charge on any atom is -0.355 e. The van der Waals surface area contributed by atoms with Gasteiger partial charge >= 0.3 is 0 Å². The van der Waals surface area contributed by atoms with Crippen LogP contribution in [0.5, 0.6) is 0 Å². The first-order valence-corrected chi connectivity index (χ1v) is 11.3. The van der Waals surface area contributed by atoms with E-state index in [0.717, 1.165) is 31.3 Å². The van der Waals surface area contributed by atoms with E-state index in [2.05, 4.69) is 44.4 Å². The lowest BCUT2D eigenvalue weighted by atomic mass is 10.2. The molecule has 2 aliphatic heterocycles. The number of hydrogen-bond acceptors (Lipinski definition) is 4. The molecule has 154 valence electrons. The number of nitrogens with one attached hydrogen (secondary N) is 1. The van der Waals surface area contributed by atoms with Gasteiger partial charge in [-0.3, -0.25) is 9.69 Å². The Bertz CT molecular complexity index is 645. The molecule has 1 N–H and O–H groups in total. The third-order valence-corrected chi connectivity index (χ3v) is 6.39. The molecule has 1 aromatic rings. The van der Waals surface area contributed by atoms with Gasteiger partial charge < -0.3 is 15.1 Å². The Morgan fingerprint density at radius 1 is 1.21 bits per heavy atom. The predicted molar refractivity (Wildman–Crippen MR) is 117 cm³/mol. The summed E-state index contributed by atoms with van der Waals surface area (Å²) in [6, 6.07) is 11.1. The smallest absolute Gasteiger partial charge is 0.243 e. The molecule has 2 heterocycles. The Morgan fingerprint density at radius 3 is 2.68 bits per heavy atom. The highest BCUT2D eigenvalue weighted by molar-refractivity contribution is 7.99. The van der Waals surface area contributed by atoms with Gasteiger partial charge in [0.25, 0.3) is 0 Å². The third-order valence-electron chi connectivity index (χ3n) is 5.38. The van der Waals surface area contributed by atoms with Crippen LogP contribution in [0.1, 0.15) is 19.3 Å². The van der Waals surface area contributed by atoms with Gasteiger partial charge in [-0.25, -0.2) is 4.99 Å². The normalized spacial score (nSPS) is 20.6. The van der Waals surface area contributed by atoms with Gasteiger partial charge in [-0.15, -0.1) is 11.8 Å². The largest absolute Gasteiger partial charge is 0.355 e. The first-order valence-electron chi connectivity index (χ1n) is 10.3. The summed E-state index contributed by atoms with van der Waals surface area (Å²) in [5.41, 5.74) is 0. The SMILES string of the molecule is CN(C)C(=O)CN=C(NCCSc1ccccc1)N1CCC(N2CCCC2)C1. The molecule has 0 aliphatic carbocycles. The average Bonchev–Trinajstić information content (AvgIpc) is 3.39. The highest BCUT2D eigenvalue weighted by Gasteiger charge is 2.30. The predicted octanol–water partition coefficient (Wildman–Crippen LogP) is 1.98. The van der Waals surface area contributed by atoms with Crippen molar-refractivity contribution in [2.45, 2.75) is 30.2 Å². The highest BCUT2D eigenvalue weighted by atomic mass is 32.2. The zero-order valence-electron chi connectivity index (χ0n) is 17.1. The van der Waals surface area contributed by atoms with Crippen molar-refractivity contribution in [1.82, 2.24) is 20.0 Å². The van der Waals surface area contributed by atoms with Crippen molar-refractivity contribution in [3.8, 4) is 0 Å². The summed E-state index contributed by atoms with van der Waals surface area (Å²) >= 11 is 1.84. The van der Waals surface area contributed by atoms with Gasteiger partial charge in [-0.05, 0) is 44.5 Å². The van der Waals surface area contributed by atoms with Crippen LogP contribution in [0.25, 0.3) is 0 Å². The first kappa shape index (κ1) is 21.0. The van der Waals surface area contributed by atoms with Crippen molar-refractivity contribution < 1.29 is 4.79 Å². The van der Waals surface area contributed by atoms with Gasteiger partial charge in [0.05, 0.1) is 0 Å².